The van der Waals surface area contributed by atoms with Gasteiger partial charge in [-0.25, -0.2) is 4.79 Å². The van der Waals surface area contributed by atoms with E-state index in [2.05, 4.69) is 0 Å². The fraction of sp³-hybridized carbons (Fsp3) is 0.833. The predicted octanol–water partition coefficient (Wildman–Crippen LogP) is 3.00. The van der Waals surface area contributed by atoms with Crippen molar-refractivity contribution < 1.29 is 28.2 Å². The van der Waals surface area contributed by atoms with Crippen LogP contribution in [0.3, 0.4) is 0 Å². The maximum Gasteiger partial charge on any atom is 0.374 e. The second kappa shape index (κ2) is 6.66. The molecule has 0 aliphatic rings. The van der Waals surface area contributed by atoms with Crippen LogP contribution in [0.4, 0.5) is 8.78 Å². The average Bonchev–Trinajstić information content (AvgIpc) is 2.13. The lowest BCUT2D eigenvalue weighted by Crippen LogP contribution is -2.27. The lowest BCUT2D eigenvalue weighted by atomic mass is 10.1. The van der Waals surface area contributed by atoms with Crippen molar-refractivity contribution in [2.45, 2.75) is 64.4 Å². The summed E-state index contributed by atoms with van der Waals surface area (Å²) in [4.78, 5) is 21.4. The lowest BCUT2D eigenvalue weighted by molar-refractivity contribution is -0.166. The second-order valence-corrected chi connectivity index (χ2v) is 5.16. The summed E-state index contributed by atoms with van der Waals surface area (Å²) in [7, 11) is 0. The number of carbonyl (C=O) groups excluding carboxylic acids is 1. The summed E-state index contributed by atoms with van der Waals surface area (Å²) in [6.07, 6.45) is 0.335. The van der Waals surface area contributed by atoms with Crippen molar-refractivity contribution in [3.05, 3.63) is 0 Å². The van der Waals surface area contributed by atoms with E-state index in [4.69, 9.17) is 9.84 Å². The molecule has 0 spiro atoms. The van der Waals surface area contributed by atoms with E-state index in [-0.39, 0.29) is 18.8 Å². The van der Waals surface area contributed by atoms with Gasteiger partial charge in [0.25, 0.3) is 0 Å². The summed E-state index contributed by atoms with van der Waals surface area (Å²) in [5.74, 6) is -6.14. The summed E-state index contributed by atoms with van der Waals surface area (Å²) in [5.41, 5.74) is -0.548. The molecule has 1 N–H and O–H groups in total. The van der Waals surface area contributed by atoms with Crippen LogP contribution in [0.1, 0.15) is 52.9 Å². The van der Waals surface area contributed by atoms with E-state index in [1.807, 2.05) is 0 Å². The van der Waals surface area contributed by atoms with E-state index >= 15 is 0 Å². The van der Waals surface area contributed by atoms with Gasteiger partial charge in [0.1, 0.15) is 5.60 Å². The number of esters is 1. The molecule has 0 aromatic rings. The first-order chi connectivity index (χ1) is 8.04. The number of hydrogen-bond acceptors (Lipinski definition) is 3. The van der Waals surface area contributed by atoms with Crippen molar-refractivity contribution in [2.24, 2.45) is 0 Å². The highest BCUT2D eigenvalue weighted by atomic mass is 19.3. The third-order valence-corrected chi connectivity index (χ3v) is 2.10. The van der Waals surface area contributed by atoms with Crippen LogP contribution < -0.4 is 0 Å². The highest BCUT2D eigenvalue weighted by Crippen LogP contribution is 2.22. The van der Waals surface area contributed by atoms with E-state index < -0.39 is 23.9 Å². The Morgan fingerprint density at radius 3 is 2.11 bits per heavy atom. The summed E-state index contributed by atoms with van der Waals surface area (Å²) in [6.45, 7) is 5.24. The molecule has 0 rings (SSSR count). The number of alkyl halides is 2. The number of carbonyl (C=O) groups is 2. The number of carboxylic acid groups (broad SMARTS) is 1. The van der Waals surface area contributed by atoms with Gasteiger partial charge in [-0.15, -0.1) is 0 Å². The zero-order chi connectivity index (χ0) is 14.4. The smallest absolute Gasteiger partial charge is 0.374 e. The topological polar surface area (TPSA) is 63.6 Å². The van der Waals surface area contributed by atoms with Crippen molar-refractivity contribution in [3.8, 4) is 0 Å². The molecule has 4 nitrogen and oxygen atoms in total. The van der Waals surface area contributed by atoms with Crippen LogP contribution in [0.15, 0.2) is 0 Å². The van der Waals surface area contributed by atoms with Crippen molar-refractivity contribution >= 4 is 11.9 Å². The molecular weight excluding hydrogens is 246 g/mol. The Hall–Kier alpha value is -1.20. The van der Waals surface area contributed by atoms with Gasteiger partial charge >= 0.3 is 17.9 Å². The Morgan fingerprint density at radius 1 is 1.11 bits per heavy atom. The number of halogens is 2. The number of hydrogen-bond donors (Lipinski definition) is 1. The van der Waals surface area contributed by atoms with E-state index in [0.29, 0.717) is 12.8 Å². The Kier molecular flexibility index (Phi) is 6.21. The molecule has 0 bridgehead atoms. The minimum absolute atomic E-state index is 0.0715. The van der Waals surface area contributed by atoms with Gasteiger partial charge in [-0.05, 0) is 33.6 Å². The lowest BCUT2D eigenvalue weighted by Gasteiger charge is -2.19. The van der Waals surface area contributed by atoms with Crippen molar-refractivity contribution in [2.75, 3.05) is 0 Å². The fourth-order valence-electron chi connectivity index (χ4n) is 1.29. The molecule has 106 valence electrons. The van der Waals surface area contributed by atoms with Gasteiger partial charge in [0.2, 0.25) is 0 Å². The van der Waals surface area contributed by atoms with Gasteiger partial charge < -0.3 is 9.84 Å². The molecule has 0 saturated heterocycles. The van der Waals surface area contributed by atoms with E-state index in [9.17, 15) is 18.4 Å². The fourth-order valence-corrected chi connectivity index (χ4v) is 1.29. The summed E-state index contributed by atoms with van der Waals surface area (Å²) < 4.78 is 30.4. The summed E-state index contributed by atoms with van der Waals surface area (Å²) in [5, 5.41) is 8.19. The first-order valence-corrected chi connectivity index (χ1v) is 5.88. The minimum Gasteiger partial charge on any atom is -0.477 e. The standard InChI is InChI=1S/C12H20F2O4/c1-11(2,3)18-9(15)7-5-4-6-8-12(13,14)10(16)17/h4-8H2,1-3H3,(H,16,17). The Morgan fingerprint density at radius 2 is 1.67 bits per heavy atom. The highest BCUT2D eigenvalue weighted by Gasteiger charge is 2.37. The SMILES string of the molecule is CC(C)(C)OC(=O)CCCCCC(F)(F)C(=O)O. The van der Waals surface area contributed by atoms with Crippen LogP contribution in [-0.4, -0.2) is 28.6 Å². The summed E-state index contributed by atoms with van der Waals surface area (Å²) >= 11 is 0. The molecule has 0 saturated carbocycles. The third kappa shape index (κ3) is 7.97. The van der Waals surface area contributed by atoms with E-state index in [1.165, 1.54) is 0 Å². The van der Waals surface area contributed by atoms with Crippen LogP contribution in [-0.2, 0) is 14.3 Å². The molecular formula is C12H20F2O4. The maximum atomic E-state index is 12.7. The number of unbranched alkanes of at least 4 members (excludes halogenated alkanes) is 2. The predicted molar refractivity (Wildman–Crippen MR) is 61.5 cm³/mol. The largest absolute Gasteiger partial charge is 0.477 e. The van der Waals surface area contributed by atoms with Gasteiger partial charge in [-0.3, -0.25) is 4.79 Å². The monoisotopic (exact) mass is 266 g/mol. The molecule has 0 heterocycles. The Labute approximate surface area is 105 Å². The number of rotatable bonds is 7. The minimum atomic E-state index is -3.67. The van der Waals surface area contributed by atoms with Crippen LogP contribution in [0.5, 0.6) is 0 Å². The van der Waals surface area contributed by atoms with Crippen LogP contribution in [0.25, 0.3) is 0 Å². The van der Waals surface area contributed by atoms with Crippen LogP contribution in [0, 0.1) is 0 Å². The molecule has 6 heteroatoms. The molecule has 0 radical (unpaired) electrons. The zero-order valence-electron chi connectivity index (χ0n) is 11.0. The first-order valence-electron chi connectivity index (χ1n) is 5.88. The molecule has 0 atom stereocenters. The van der Waals surface area contributed by atoms with Crippen molar-refractivity contribution in [1.29, 1.82) is 0 Å². The summed E-state index contributed by atoms with van der Waals surface area (Å²) in [6, 6.07) is 0. The Balaban J connectivity index is 3.70. The van der Waals surface area contributed by atoms with Gasteiger partial charge in [0.05, 0.1) is 0 Å². The van der Waals surface area contributed by atoms with Crippen molar-refractivity contribution in [1.82, 2.24) is 0 Å². The molecule has 18 heavy (non-hydrogen) atoms. The van der Waals surface area contributed by atoms with Crippen molar-refractivity contribution in [3.63, 3.8) is 0 Å². The quantitative estimate of drug-likeness (QED) is 0.568. The van der Waals surface area contributed by atoms with Gasteiger partial charge in [-0.1, -0.05) is 6.42 Å². The normalized spacial score (nSPS) is 12.3. The van der Waals surface area contributed by atoms with Crippen LogP contribution in [0.2, 0.25) is 0 Å². The first kappa shape index (κ1) is 16.8. The van der Waals surface area contributed by atoms with Gasteiger partial charge in [0, 0.05) is 12.8 Å². The van der Waals surface area contributed by atoms with Gasteiger partial charge in [-0.2, -0.15) is 8.78 Å². The van der Waals surface area contributed by atoms with E-state index in [1.54, 1.807) is 20.8 Å². The molecule has 0 amide bonds. The highest BCUT2D eigenvalue weighted by molar-refractivity contribution is 5.75. The molecule has 0 aromatic carbocycles. The second-order valence-electron chi connectivity index (χ2n) is 5.16. The molecule has 0 unspecified atom stereocenters. The van der Waals surface area contributed by atoms with E-state index in [0.717, 1.165) is 0 Å². The van der Waals surface area contributed by atoms with Gasteiger partial charge in [0.15, 0.2) is 0 Å². The third-order valence-electron chi connectivity index (χ3n) is 2.10. The molecule has 0 fully saturated rings. The maximum absolute atomic E-state index is 12.7. The Bertz CT molecular complexity index is 295. The zero-order valence-corrected chi connectivity index (χ0v) is 11.0. The number of aliphatic carboxylic acids is 1. The van der Waals surface area contributed by atoms with Crippen LogP contribution >= 0.6 is 0 Å². The average molecular weight is 266 g/mol. The number of carboxylic acids is 1. The molecule has 0 aliphatic carbocycles. The molecule has 0 aliphatic heterocycles. The number of ether oxygens (including phenoxy) is 1. The molecule has 0 aromatic heterocycles.